The first-order chi connectivity index (χ1) is 8.51. The van der Waals surface area contributed by atoms with Gasteiger partial charge in [0, 0.05) is 6.04 Å². The number of nitrogens with one attached hydrogen (secondary N) is 2. The Morgan fingerprint density at radius 1 is 1.16 bits per heavy atom. The molecule has 7 heteroatoms. The minimum atomic E-state index is -1.18. The lowest BCUT2D eigenvalue weighted by atomic mass is 10.2. The van der Waals surface area contributed by atoms with Gasteiger partial charge in [0.1, 0.15) is 11.6 Å². The van der Waals surface area contributed by atoms with Gasteiger partial charge in [-0.2, -0.15) is 0 Å². The molecule has 7 nitrogen and oxygen atoms in total. The molecule has 1 unspecified atom stereocenters. The molecule has 0 aliphatic carbocycles. The number of amides is 2. The molecule has 0 aromatic heterocycles. The van der Waals surface area contributed by atoms with E-state index in [2.05, 4.69) is 10.6 Å². The first-order valence-electron chi connectivity index (χ1n) is 6.03. The summed E-state index contributed by atoms with van der Waals surface area (Å²) >= 11 is 0. The van der Waals surface area contributed by atoms with E-state index in [4.69, 9.17) is 9.84 Å². The molecule has 0 rings (SSSR count). The van der Waals surface area contributed by atoms with Crippen molar-refractivity contribution in [1.82, 2.24) is 10.6 Å². The number of carbonyl (C=O) groups is 3. The standard InChI is InChI=1S/C12H22N2O5/c1-7(2)13-10(17)8(6-9(15)16)14-11(18)19-12(3,4)5/h7-8H,6H2,1-5H3,(H,13,17)(H,14,18)(H,15,16). The molecule has 0 aromatic rings. The van der Waals surface area contributed by atoms with Crippen LogP contribution < -0.4 is 10.6 Å². The topological polar surface area (TPSA) is 105 Å². The molecule has 0 saturated carbocycles. The van der Waals surface area contributed by atoms with Crippen molar-refractivity contribution >= 4 is 18.0 Å². The average Bonchev–Trinajstić information content (AvgIpc) is 2.11. The number of carboxylic acids is 1. The molecule has 0 saturated heterocycles. The second-order valence-electron chi connectivity index (χ2n) is 5.46. The van der Waals surface area contributed by atoms with Crippen LogP contribution in [-0.4, -0.2) is 40.8 Å². The van der Waals surface area contributed by atoms with Gasteiger partial charge in [-0.3, -0.25) is 9.59 Å². The van der Waals surface area contributed by atoms with Crippen LogP contribution >= 0.6 is 0 Å². The molecule has 2 amide bonds. The van der Waals surface area contributed by atoms with Crippen LogP contribution in [0.15, 0.2) is 0 Å². The van der Waals surface area contributed by atoms with Gasteiger partial charge in [-0.25, -0.2) is 4.79 Å². The molecule has 0 fully saturated rings. The SMILES string of the molecule is CC(C)NC(=O)C(CC(=O)O)NC(=O)OC(C)(C)C. The van der Waals surface area contributed by atoms with E-state index in [1.165, 1.54) is 0 Å². The van der Waals surface area contributed by atoms with Gasteiger partial charge in [-0.05, 0) is 34.6 Å². The molecule has 19 heavy (non-hydrogen) atoms. The van der Waals surface area contributed by atoms with Crippen molar-refractivity contribution in [3.63, 3.8) is 0 Å². The number of hydrogen-bond acceptors (Lipinski definition) is 4. The first kappa shape index (κ1) is 17.2. The first-order valence-corrected chi connectivity index (χ1v) is 6.03. The van der Waals surface area contributed by atoms with Crippen LogP contribution in [0.4, 0.5) is 4.79 Å². The van der Waals surface area contributed by atoms with Gasteiger partial charge in [0.2, 0.25) is 5.91 Å². The third kappa shape index (κ3) is 8.87. The molecule has 0 aromatic carbocycles. The predicted molar refractivity (Wildman–Crippen MR) is 68.7 cm³/mol. The Bertz CT molecular complexity index is 347. The fraction of sp³-hybridized carbons (Fsp3) is 0.750. The zero-order chi connectivity index (χ0) is 15.2. The van der Waals surface area contributed by atoms with Crippen molar-refractivity contribution in [2.24, 2.45) is 0 Å². The molecule has 0 spiro atoms. The average molecular weight is 274 g/mol. The smallest absolute Gasteiger partial charge is 0.408 e. The highest BCUT2D eigenvalue weighted by Gasteiger charge is 2.26. The molecule has 110 valence electrons. The summed E-state index contributed by atoms with van der Waals surface area (Å²) in [4.78, 5) is 34.0. The Balaban J connectivity index is 4.63. The van der Waals surface area contributed by atoms with Crippen LogP contribution in [0.2, 0.25) is 0 Å². The Morgan fingerprint density at radius 3 is 2.05 bits per heavy atom. The number of rotatable bonds is 5. The van der Waals surface area contributed by atoms with Crippen LogP contribution in [0, 0.1) is 0 Å². The van der Waals surface area contributed by atoms with Crippen molar-refractivity contribution in [1.29, 1.82) is 0 Å². The highest BCUT2D eigenvalue weighted by Crippen LogP contribution is 2.07. The normalized spacial score (nSPS) is 12.7. The lowest BCUT2D eigenvalue weighted by Crippen LogP contribution is -2.50. The summed E-state index contributed by atoms with van der Waals surface area (Å²) < 4.78 is 4.98. The van der Waals surface area contributed by atoms with E-state index >= 15 is 0 Å². The maximum atomic E-state index is 11.7. The quantitative estimate of drug-likeness (QED) is 0.690. The van der Waals surface area contributed by atoms with E-state index < -0.39 is 36.0 Å². The third-order valence-electron chi connectivity index (χ3n) is 1.82. The highest BCUT2D eigenvalue weighted by atomic mass is 16.6. The summed E-state index contributed by atoms with van der Waals surface area (Å²) in [6.45, 7) is 8.50. The number of carbonyl (C=O) groups excluding carboxylic acids is 2. The predicted octanol–water partition coefficient (Wildman–Crippen LogP) is 0.879. The Kier molecular flexibility index (Phi) is 6.31. The third-order valence-corrected chi connectivity index (χ3v) is 1.82. The van der Waals surface area contributed by atoms with Crippen LogP contribution in [0.25, 0.3) is 0 Å². The second kappa shape index (κ2) is 6.96. The minimum Gasteiger partial charge on any atom is -0.481 e. The summed E-state index contributed by atoms with van der Waals surface area (Å²) in [6, 6.07) is -1.31. The number of hydrogen-bond donors (Lipinski definition) is 3. The minimum absolute atomic E-state index is 0.149. The molecule has 1 atom stereocenters. The Morgan fingerprint density at radius 2 is 1.68 bits per heavy atom. The summed E-state index contributed by atoms with van der Waals surface area (Å²) in [5, 5.41) is 13.5. The largest absolute Gasteiger partial charge is 0.481 e. The molecule has 0 radical (unpaired) electrons. The monoisotopic (exact) mass is 274 g/mol. The van der Waals surface area contributed by atoms with Gasteiger partial charge in [0.25, 0.3) is 0 Å². The van der Waals surface area contributed by atoms with E-state index in [9.17, 15) is 14.4 Å². The van der Waals surface area contributed by atoms with Crippen LogP contribution in [0.3, 0.4) is 0 Å². The zero-order valence-electron chi connectivity index (χ0n) is 11.9. The molecular weight excluding hydrogens is 252 g/mol. The summed E-state index contributed by atoms with van der Waals surface area (Å²) in [6.07, 6.45) is -1.32. The zero-order valence-corrected chi connectivity index (χ0v) is 11.9. The van der Waals surface area contributed by atoms with Gasteiger partial charge in [0.15, 0.2) is 0 Å². The second-order valence-corrected chi connectivity index (χ2v) is 5.46. The Hall–Kier alpha value is -1.79. The highest BCUT2D eigenvalue weighted by molar-refractivity contribution is 5.89. The summed E-state index contributed by atoms with van der Waals surface area (Å²) in [5.74, 6) is -1.73. The molecule has 0 aliphatic heterocycles. The lowest BCUT2D eigenvalue weighted by Gasteiger charge is -2.23. The number of alkyl carbamates (subject to hydrolysis) is 1. The van der Waals surface area contributed by atoms with Gasteiger partial charge >= 0.3 is 12.1 Å². The number of aliphatic carboxylic acids is 1. The van der Waals surface area contributed by atoms with Crippen molar-refractivity contribution in [3.05, 3.63) is 0 Å². The van der Waals surface area contributed by atoms with Crippen LogP contribution in [-0.2, 0) is 14.3 Å². The molecule has 0 aliphatic rings. The number of ether oxygens (including phenoxy) is 1. The maximum absolute atomic E-state index is 11.7. The van der Waals surface area contributed by atoms with E-state index in [1.54, 1.807) is 34.6 Å². The van der Waals surface area contributed by atoms with Crippen molar-refractivity contribution < 1.29 is 24.2 Å². The molecule has 0 bridgehead atoms. The fourth-order valence-electron chi connectivity index (χ4n) is 1.22. The van der Waals surface area contributed by atoms with E-state index in [1.807, 2.05) is 0 Å². The lowest BCUT2D eigenvalue weighted by molar-refractivity contribution is -0.140. The Labute approximate surface area is 112 Å². The van der Waals surface area contributed by atoms with Gasteiger partial charge < -0.3 is 20.5 Å². The fourth-order valence-corrected chi connectivity index (χ4v) is 1.22. The van der Waals surface area contributed by atoms with Gasteiger partial charge in [-0.1, -0.05) is 0 Å². The van der Waals surface area contributed by atoms with Crippen molar-refractivity contribution in [2.45, 2.75) is 58.7 Å². The van der Waals surface area contributed by atoms with Gasteiger partial charge in [0.05, 0.1) is 6.42 Å². The van der Waals surface area contributed by atoms with Gasteiger partial charge in [-0.15, -0.1) is 0 Å². The maximum Gasteiger partial charge on any atom is 0.408 e. The summed E-state index contributed by atoms with van der Waals surface area (Å²) in [5.41, 5.74) is -0.716. The van der Waals surface area contributed by atoms with Crippen LogP contribution in [0.1, 0.15) is 41.0 Å². The number of carboxylic acid groups (broad SMARTS) is 1. The molecule has 0 heterocycles. The van der Waals surface area contributed by atoms with Crippen molar-refractivity contribution in [2.75, 3.05) is 0 Å². The summed E-state index contributed by atoms with van der Waals surface area (Å²) in [7, 11) is 0. The van der Waals surface area contributed by atoms with E-state index in [0.29, 0.717) is 0 Å². The molecule has 3 N–H and O–H groups in total. The van der Waals surface area contributed by atoms with E-state index in [-0.39, 0.29) is 6.04 Å². The molecular formula is C12H22N2O5. The van der Waals surface area contributed by atoms with E-state index in [0.717, 1.165) is 0 Å². The van der Waals surface area contributed by atoms with Crippen molar-refractivity contribution in [3.8, 4) is 0 Å². The van der Waals surface area contributed by atoms with Crippen LogP contribution in [0.5, 0.6) is 0 Å².